The second-order valence-electron chi connectivity index (χ2n) is 8.69. The third-order valence-corrected chi connectivity index (χ3v) is 7.96. The molecule has 1 N–H and O–H groups in total. The molecule has 0 saturated heterocycles. The molecule has 0 aliphatic rings. The SMILES string of the molecule is CCc1ccc(C=NNC(=O)CN(CCc2ccccc2)S(=O)(=O)c2c(C)cc(C)cc2C)cc1. The monoisotopic (exact) mass is 491 g/mol. The first-order valence-corrected chi connectivity index (χ1v) is 13.2. The van der Waals surface area contributed by atoms with E-state index in [0.29, 0.717) is 17.5 Å². The van der Waals surface area contributed by atoms with Gasteiger partial charge in [0.05, 0.1) is 17.7 Å². The smallest absolute Gasteiger partial charge is 0.255 e. The van der Waals surface area contributed by atoms with Crippen LogP contribution in [0.5, 0.6) is 0 Å². The zero-order valence-electron chi connectivity index (χ0n) is 20.8. The van der Waals surface area contributed by atoms with E-state index in [-0.39, 0.29) is 18.0 Å². The number of nitrogens with one attached hydrogen (secondary N) is 1. The van der Waals surface area contributed by atoms with Gasteiger partial charge in [0.1, 0.15) is 0 Å². The molecule has 0 spiro atoms. The minimum atomic E-state index is -3.91. The van der Waals surface area contributed by atoms with E-state index in [2.05, 4.69) is 17.5 Å². The van der Waals surface area contributed by atoms with E-state index in [9.17, 15) is 13.2 Å². The van der Waals surface area contributed by atoms with E-state index in [1.54, 1.807) is 20.1 Å². The van der Waals surface area contributed by atoms with Gasteiger partial charge in [0.15, 0.2) is 0 Å². The molecule has 1 amide bonds. The predicted molar refractivity (Wildman–Crippen MR) is 141 cm³/mol. The summed E-state index contributed by atoms with van der Waals surface area (Å²) in [7, 11) is -3.91. The number of sulfonamides is 1. The number of hydrazone groups is 1. The van der Waals surface area contributed by atoms with Gasteiger partial charge in [0.25, 0.3) is 5.91 Å². The van der Waals surface area contributed by atoms with Gasteiger partial charge in [-0.3, -0.25) is 4.79 Å². The van der Waals surface area contributed by atoms with E-state index in [1.165, 1.54) is 9.87 Å². The molecule has 3 rings (SSSR count). The maximum atomic E-state index is 13.7. The molecule has 6 nitrogen and oxygen atoms in total. The van der Waals surface area contributed by atoms with Crippen molar-refractivity contribution < 1.29 is 13.2 Å². The van der Waals surface area contributed by atoms with E-state index in [4.69, 9.17) is 0 Å². The van der Waals surface area contributed by atoms with Crippen molar-refractivity contribution in [1.29, 1.82) is 0 Å². The molecule has 0 aliphatic heterocycles. The summed E-state index contributed by atoms with van der Waals surface area (Å²) < 4.78 is 28.7. The molecule has 0 heterocycles. The first-order chi connectivity index (χ1) is 16.7. The van der Waals surface area contributed by atoms with Crippen LogP contribution in [0.15, 0.2) is 76.7 Å². The number of aryl methyl sites for hydroxylation is 4. The molecular formula is C28H33N3O3S. The van der Waals surface area contributed by atoms with Crippen molar-refractivity contribution in [3.8, 4) is 0 Å². The lowest BCUT2D eigenvalue weighted by Gasteiger charge is -2.24. The number of rotatable bonds is 10. The standard InChI is InChI=1S/C28H33N3O3S/c1-5-24-11-13-26(14-12-24)19-29-30-27(32)20-31(16-15-25-9-7-6-8-10-25)35(33,34)28-22(3)17-21(2)18-23(28)4/h6-14,17-19H,5,15-16,20H2,1-4H3,(H,30,32). The second-order valence-corrected chi connectivity index (χ2v) is 10.6. The van der Waals surface area contributed by atoms with E-state index < -0.39 is 15.9 Å². The highest BCUT2D eigenvalue weighted by molar-refractivity contribution is 7.89. The fraction of sp³-hybridized carbons (Fsp3) is 0.286. The Bertz CT molecular complexity index is 1260. The molecule has 35 heavy (non-hydrogen) atoms. The van der Waals surface area contributed by atoms with Gasteiger partial charge < -0.3 is 0 Å². The van der Waals surface area contributed by atoms with E-state index in [1.807, 2.05) is 73.7 Å². The zero-order valence-corrected chi connectivity index (χ0v) is 21.6. The minimum absolute atomic E-state index is 0.175. The highest BCUT2D eigenvalue weighted by atomic mass is 32.2. The van der Waals surface area contributed by atoms with Crippen LogP contribution in [0.2, 0.25) is 0 Å². The fourth-order valence-corrected chi connectivity index (χ4v) is 5.91. The van der Waals surface area contributed by atoms with E-state index in [0.717, 1.165) is 23.1 Å². The molecule has 0 unspecified atom stereocenters. The average molecular weight is 492 g/mol. The Hall–Kier alpha value is -3.29. The maximum absolute atomic E-state index is 13.7. The molecule has 0 radical (unpaired) electrons. The molecule has 0 saturated carbocycles. The average Bonchev–Trinajstić information content (AvgIpc) is 2.82. The molecule has 7 heteroatoms. The lowest BCUT2D eigenvalue weighted by Crippen LogP contribution is -2.41. The molecule has 0 aromatic heterocycles. The number of hydrogen-bond donors (Lipinski definition) is 1. The number of nitrogens with zero attached hydrogens (tertiary/aromatic N) is 2. The molecule has 3 aromatic rings. The summed E-state index contributed by atoms with van der Waals surface area (Å²) in [5.41, 5.74) is 7.87. The molecular weight excluding hydrogens is 458 g/mol. The summed E-state index contributed by atoms with van der Waals surface area (Å²) >= 11 is 0. The number of carbonyl (C=O) groups is 1. The van der Waals surface area contributed by atoms with Crippen molar-refractivity contribution in [2.45, 2.75) is 45.4 Å². The van der Waals surface area contributed by atoms with Crippen LogP contribution in [0.1, 0.15) is 40.3 Å². The van der Waals surface area contributed by atoms with Crippen LogP contribution >= 0.6 is 0 Å². The second kappa shape index (κ2) is 11.9. The van der Waals surface area contributed by atoms with Gasteiger partial charge in [-0.25, -0.2) is 13.8 Å². The number of carbonyl (C=O) groups excluding carboxylic acids is 1. The summed E-state index contributed by atoms with van der Waals surface area (Å²) in [6.45, 7) is 7.45. The Labute approximate surface area is 208 Å². The normalized spacial score (nSPS) is 11.8. The van der Waals surface area contributed by atoms with Crippen LogP contribution in [-0.2, 0) is 27.7 Å². The van der Waals surface area contributed by atoms with Crippen molar-refractivity contribution in [3.63, 3.8) is 0 Å². The zero-order chi connectivity index (χ0) is 25.4. The Balaban J connectivity index is 1.79. The molecule has 0 bridgehead atoms. The van der Waals surface area contributed by atoms with Gasteiger partial charge in [0.2, 0.25) is 10.0 Å². The van der Waals surface area contributed by atoms with Gasteiger partial charge in [-0.2, -0.15) is 9.41 Å². The largest absolute Gasteiger partial charge is 0.272 e. The van der Waals surface area contributed by atoms with Gasteiger partial charge in [0, 0.05) is 6.54 Å². The Morgan fingerprint density at radius 3 is 2.17 bits per heavy atom. The molecule has 0 atom stereocenters. The Morgan fingerprint density at radius 1 is 0.943 bits per heavy atom. The summed E-state index contributed by atoms with van der Waals surface area (Å²) in [6, 6.07) is 21.2. The molecule has 0 aliphatic carbocycles. The van der Waals surface area contributed by atoms with Crippen molar-refractivity contribution in [2.75, 3.05) is 13.1 Å². The summed E-state index contributed by atoms with van der Waals surface area (Å²) in [5.74, 6) is -0.495. The molecule has 0 fully saturated rings. The molecule has 3 aromatic carbocycles. The Kier molecular flexibility index (Phi) is 8.95. The van der Waals surface area contributed by atoms with Crippen molar-refractivity contribution in [1.82, 2.24) is 9.73 Å². The highest BCUT2D eigenvalue weighted by Gasteiger charge is 2.29. The molecule has 184 valence electrons. The highest BCUT2D eigenvalue weighted by Crippen LogP contribution is 2.25. The lowest BCUT2D eigenvalue weighted by molar-refractivity contribution is -0.121. The number of benzene rings is 3. The van der Waals surface area contributed by atoms with Crippen LogP contribution in [0.25, 0.3) is 0 Å². The minimum Gasteiger partial charge on any atom is -0.272 e. The maximum Gasteiger partial charge on any atom is 0.255 e. The number of amides is 1. The lowest BCUT2D eigenvalue weighted by atomic mass is 10.1. The van der Waals surface area contributed by atoms with Gasteiger partial charge in [-0.05, 0) is 61.4 Å². The van der Waals surface area contributed by atoms with E-state index >= 15 is 0 Å². The van der Waals surface area contributed by atoms with Crippen LogP contribution in [-0.4, -0.2) is 37.9 Å². The third kappa shape index (κ3) is 7.10. The van der Waals surface area contributed by atoms with Crippen LogP contribution in [0.4, 0.5) is 0 Å². The quantitative estimate of drug-likeness (QED) is 0.334. The summed E-state index contributed by atoms with van der Waals surface area (Å²) in [6.07, 6.45) is 2.99. The Morgan fingerprint density at radius 2 is 1.57 bits per heavy atom. The first-order valence-electron chi connectivity index (χ1n) is 11.7. The third-order valence-electron chi connectivity index (χ3n) is 5.81. The van der Waals surface area contributed by atoms with Gasteiger partial charge in [-0.15, -0.1) is 0 Å². The van der Waals surface area contributed by atoms with Crippen LogP contribution < -0.4 is 5.43 Å². The topological polar surface area (TPSA) is 78.8 Å². The van der Waals surface area contributed by atoms with Crippen molar-refractivity contribution in [2.24, 2.45) is 5.10 Å². The van der Waals surface area contributed by atoms with Crippen molar-refractivity contribution in [3.05, 3.63) is 100 Å². The van der Waals surface area contributed by atoms with Gasteiger partial charge in [-0.1, -0.05) is 79.2 Å². The predicted octanol–water partition coefficient (Wildman–Crippen LogP) is 4.56. The van der Waals surface area contributed by atoms with Crippen LogP contribution in [0.3, 0.4) is 0 Å². The van der Waals surface area contributed by atoms with Crippen LogP contribution in [0, 0.1) is 20.8 Å². The summed E-state index contributed by atoms with van der Waals surface area (Å²) in [4.78, 5) is 13.0. The van der Waals surface area contributed by atoms with Crippen molar-refractivity contribution >= 4 is 22.1 Å². The first kappa shape index (κ1) is 26.3. The van der Waals surface area contributed by atoms with Gasteiger partial charge >= 0.3 is 0 Å². The number of hydrogen-bond acceptors (Lipinski definition) is 4. The summed E-state index contributed by atoms with van der Waals surface area (Å²) in [5, 5.41) is 4.02. The fourth-order valence-electron chi connectivity index (χ4n) is 4.10.